The molecule has 1 fully saturated rings. The minimum absolute atomic E-state index is 0.688. The molecule has 0 aliphatic heterocycles. The standard InChI is InChI=1S/C12H20N2S2/c1-9-7-14-12(16-9)8-13-10-5-3-4-6-11(10)15-2/h7,10-11,13H,3-6,8H2,1-2H3. The van der Waals surface area contributed by atoms with E-state index in [1.54, 1.807) is 11.3 Å². The van der Waals surface area contributed by atoms with Gasteiger partial charge in [0.25, 0.3) is 0 Å². The summed E-state index contributed by atoms with van der Waals surface area (Å²) in [7, 11) is 0. The van der Waals surface area contributed by atoms with Crippen LogP contribution in [0.2, 0.25) is 0 Å². The van der Waals surface area contributed by atoms with E-state index in [0.717, 1.165) is 11.8 Å². The van der Waals surface area contributed by atoms with E-state index in [4.69, 9.17) is 0 Å². The van der Waals surface area contributed by atoms with Crippen LogP contribution in [0.1, 0.15) is 35.6 Å². The number of hydrogen-bond acceptors (Lipinski definition) is 4. The summed E-state index contributed by atoms with van der Waals surface area (Å²) in [6.07, 6.45) is 9.68. The van der Waals surface area contributed by atoms with Crippen LogP contribution in [0.3, 0.4) is 0 Å². The Bertz CT molecular complexity index is 325. The van der Waals surface area contributed by atoms with Gasteiger partial charge < -0.3 is 5.32 Å². The van der Waals surface area contributed by atoms with Crippen LogP contribution < -0.4 is 5.32 Å². The number of thiazole rings is 1. The zero-order valence-electron chi connectivity index (χ0n) is 10.0. The Morgan fingerprint density at radius 1 is 1.50 bits per heavy atom. The normalized spacial score (nSPS) is 25.9. The second-order valence-corrected chi connectivity index (χ2v) is 6.81. The van der Waals surface area contributed by atoms with Crippen LogP contribution in [-0.2, 0) is 6.54 Å². The van der Waals surface area contributed by atoms with Gasteiger partial charge in [0.1, 0.15) is 5.01 Å². The highest BCUT2D eigenvalue weighted by Gasteiger charge is 2.23. The predicted octanol–water partition coefficient (Wildman–Crippen LogP) is 3.22. The zero-order valence-corrected chi connectivity index (χ0v) is 11.7. The van der Waals surface area contributed by atoms with Crippen LogP contribution in [0.25, 0.3) is 0 Å². The molecule has 2 nitrogen and oxygen atoms in total. The summed E-state index contributed by atoms with van der Waals surface area (Å²) in [5.74, 6) is 0. The van der Waals surface area contributed by atoms with Gasteiger partial charge in [-0.15, -0.1) is 11.3 Å². The monoisotopic (exact) mass is 256 g/mol. The molecule has 0 amide bonds. The van der Waals surface area contributed by atoms with Gasteiger partial charge in [-0.25, -0.2) is 4.98 Å². The van der Waals surface area contributed by atoms with Crippen molar-refractivity contribution in [3.05, 3.63) is 16.1 Å². The maximum absolute atomic E-state index is 4.40. The van der Waals surface area contributed by atoms with Crippen molar-refractivity contribution in [2.24, 2.45) is 0 Å². The van der Waals surface area contributed by atoms with Gasteiger partial charge in [0, 0.05) is 28.9 Å². The lowest BCUT2D eigenvalue weighted by Gasteiger charge is -2.30. The number of hydrogen-bond donors (Lipinski definition) is 1. The van der Waals surface area contributed by atoms with Gasteiger partial charge in [0.2, 0.25) is 0 Å². The number of nitrogens with one attached hydrogen (secondary N) is 1. The largest absolute Gasteiger partial charge is 0.307 e. The third kappa shape index (κ3) is 3.22. The van der Waals surface area contributed by atoms with Gasteiger partial charge in [0.15, 0.2) is 0 Å². The molecule has 4 heteroatoms. The molecule has 2 atom stereocenters. The Balaban J connectivity index is 1.84. The molecule has 0 saturated heterocycles. The second-order valence-electron chi connectivity index (χ2n) is 4.41. The van der Waals surface area contributed by atoms with Crippen LogP contribution in [-0.4, -0.2) is 22.5 Å². The highest BCUT2D eigenvalue weighted by Crippen LogP contribution is 2.27. The fraction of sp³-hybridized carbons (Fsp3) is 0.750. The average Bonchev–Trinajstić information content (AvgIpc) is 2.73. The molecular formula is C12H20N2S2. The summed E-state index contributed by atoms with van der Waals surface area (Å²) in [5.41, 5.74) is 0. The molecule has 1 aromatic rings. The van der Waals surface area contributed by atoms with Gasteiger partial charge in [-0.05, 0) is 26.0 Å². The van der Waals surface area contributed by atoms with Crippen molar-refractivity contribution in [3.63, 3.8) is 0 Å². The minimum atomic E-state index is 0.688. The van der Waals surface area contributed by atoms with E-state index >= 15 is 0 Å². The molecule has 0 radical (unpaired) electrons. The summed E-state index contributed by atoms with van der Waals surface area (Å²) in [4.78, 5) is 5.71. The van der Waals surface area contributed by atoms with Crippen molar-refractivity contribution < 1.29 is 0 Å². The van der Waals surface area contributed by atoms with Crippen LogP contribution in [0.5, 0.6) is 0 Å². The first-order valence-electron chi connectivity index (χ1n) is 5.97. The first-order valence-corrected chi connectivity index (χ1v) is 8.07. The van der Waals surface area contributed by atoms with Crippen molar-refractivity contribution in [1.82, 2.24) is 10.3 Å². The molecule has 0 aromatic carbocycles. The molecule has 1 aromatic heterocycles. The van der Waals surface area contributed by atoms with Gasteiger partial charge in [-0.1, -0.05) is 12.8 Å². The van der Waals surface area contributed by atoms with E-state index in [0.29, 0.717) is 6.04 Å². The Kier molecular flexibility index (Phi) is 4.67. The summed E-state index contributed by atoms with van der Waals surface area (Å²) in [6, 6.07) is 0.688. The topological polar surface area (TPSA) is 24.9 Å². The third-order valence-corrected chi connectivity index (χ3v) is 5.27. The average molecular weight is 256 g/mol. The quantitative estimate of drug-likeness (QED) is 0.895. The number of nitrogens with zero attached hydrogens (tertiary/aromatic N) is 1. The molecule has 2 unspecified atom stereocenters. The molecular weight excluding hydrogens is 236 g/mol. The Morgan fingerprint density at radius 2 is 2.31 bits per heavy atom. The van der Waals surface area contributed by atoms with Crippen molar-refractivity contribution in [3.8, 4) is 0 Å². The predicted molar refractivity (Wildman–Crippen MR) is 73.2 cm³/mol. The fourth-order valence-corrected chi connectivity index (χ4v) is 4.02. The van der Waals surface area contributed by atoms with Crippen molar-refractivity contribution in [1.29, 1.82) is 0 Å². The van der Waals surface area contributed by atoms with Gasteiger partial charge in [-0.2, -0.15) is 11.8 Å². The Morgan fingerprint density at radius 3 is 3.00 bits per heavy atom. The Hall–Kier alpha value is -0.0600. The summed E-state index contributed by atoms with van der Waals surface area (Å²) >= 11 is 3.82. The minimum Gasteiger partial charge on any atom is -0.307 e. The van der Waals surface area contributed by atoms with Crippen molar-refractivity contribution in [2.45, 2.75) is 50.4 Å². The molecule has 16 heavy (non-hydrogen) atoms. The number of aryl methyl sites for hydroxylation is 1. The highest BCUT2D eigenvalue weighted by atomic mass is 32.2. The van der Waals surface area contributed by atoms with E-state index in [2.05, 4.69) is 23.5 Å². The summed E-state index contributed by atoms with van der Waals surface area (Å²) < 4.78 is 0. The van der Waals surface area contributed by atoms with Gasteiger partial charge >= 0.3 is 0 Å². The zero-order chi connectivity index (χ0) is 11.4. The third-order valence-electron chi connectivity index (χ3n) is 3.19. The molecule has 1 aliphatic rings. The van der Waals surface area contributed by atoms with Crippen LogP contribution in [0.4, 0.5) is 0 Å². The molecule has 1 saturated carbocycles. The number of rotatable bonds is 4. The fourth-order valence-electron chi connectivity index (χ4n) is 2.31. The van der Waals surface area contributed by atoms with E-state index in [9.17, 15) is 0 Å². The van der Waals surface area contributed by atoms with E-state index in [-0.39, 0.29) is 0 Å². The molecule has 90 valence electrons. The lowest BCUT2D eigenvalue weighted by Crippen LogP contribution is -2.39. The molecule has 0 spiro atoms. The lowest BCUT2D eigenvalue weighted by molar-refractivity contribution is 0.383. The maximum Gasteiger partial charge on any atom is 0.107 e. The van der Waals surface area contributed by atoms with E-state index < -0.39 is 0 Å². The van der Waals surface area contributed by atoms with Gasteiger partial charge in [-0.3, -0.25) is 0 Å². The highest BCUT2D eigenvalue weighted by molar-refractivity contribution is 7.99. The first-order chi connectivity index (χ1) is 7.79. The first kappa shape index (κ1) is 12.4. The maximum atomic E-state index is 4.40. The SMILES string of the molecule is CSC1CCCCC1NCc1ncc(C)s1. The second kappa shape index (κ2) is 6.03. The number of aromatic nitrogens is 1. The van der Waals surface area contributed by atoms with Crippen LogP contribution >= 0.6 is 23.1 Å². The summed E-state index contributed by atoms with van der Waals surface area (Å²) in [5, 5.41) is 5.70. The smallest absolute Gasteiger partial charge is 0.107 e. The van der Waals surface area contributed by atoms with Gasteiger partial charge in [0.05, 0.1) is 0 Å². The lowest BCUT2D eigenvalue weighted by atomic mass is 9.95. The number of thioether (sulfide) groups is 1. The molecule has 2 rings (SSSR count). The Labute approximate surface area is 106 Å². The molecule has 1 heterocycles. The van der Waals surface area contributed by atoms with Crippen molar-refractivity contribution >= 4 is 23.1 Å². The molecule has 1 aliphatic carbocycles. The van der Waals surface area contributed by atoms with E-state index in [1.165, 1.54) is 35.6 Å². The molecule has 0 bridgehead atoms. The van der Waals surface area contributed by atoms with Crippen LogP contribution in [0.15, 0.2) is 6.20 Å². The van der Waals surface area contributed by atoms with E-state index in [1.807, 2.05) is 18.0 Å². The molecule has 1 N–H and O–H groups in total. The van der Waals surface area contributed by atoms with Crippen molar-refractivity contribution in [2.75, 3.05) is 6.26 Å². The van der Waals surface area contributed by atoms with Crippen LogP contribution in [0, 0.1) is 6.92 Å². The summed E-state index contributed by atoms with van der Waals surface area (Å²) in [6.45, 7) is 3.06.